The summed E-state index contributed by atoms with van der Waals surface area (Å²) >= 11 is 0. The normalized spacial score (nSPS) is 22.3. The molecule has 2 atom stereocenters. The molecule has 0 unspecified atom stereocenters. The fourth-order valence-corrected chi connectivity index (χ4v) is 5.46. The first kappa shape index (κ1) is 20.9. The Hall–Kier alpha value is -2.39. The first-order valence-corrected chi connectivity index (χ1v) is 11.8. The molecule has 0 aromatic carbocycles. The van der Waals surface area contributed by atoms with Crippen molar-refractivity contribution >= 4 is 15.9 Å². The quantitative estimate of drug-likeness (QED) is 0.723. The SMILES string of the molecule is CC(C)c1nc(-c2ccccn2)ncc1S(=O)(=O)N1CCN(C(=O)[C@@H]2C[C@H]2C)CC1. The number of piperazine rings is 1. The van der Waals surface area contributed by atoms with Crippen molar-refractivity contribution in [2.75, 3.05) is 26.2 Å². The van der Waals surface area contributed by atoms with Gasteiger partial charge in [0, 0.05) is 38.3 Å². The fraction of sp³-hybridized carbons (Fsp3) is 0.524. The number of amides is 1. The summed E-state index contributed by atoms with van der Waals surface area (Å²) in [6, 6.07) is 5.44. The minimum atomic E-state index is -3.75. The molecule has 4 rings (SSSR count). The van der Waals surface area contributed by atoms with Crippen LogP contribution >= 0.6 is 0 Å². The summed E-state index contributed by atoms with van der Waals surface area (Å²) in [5.41, 5.74) is 1.08. The highest BCUT2D eigenvalue weighted by Gasteiger charge is 2.43. The summed E-state index contributed by atoms with van der Waals surface area (Å²) in [6.45, 7) is 7.32. The Bertz CT molecular complexity index is 1030. The summed E-state index contributed by atoms with van der Waals surface area (Å²) < 4.78 is 28.2. The molecule has 0 bridgehead atoms. The molecule has 2 aliphatic rings. The van der Waals surface area contributed by atoms with Crippen LogP contribution in [0, 0.1) is 11.8 Å². The highest BCUT2D eigenvalue weighted by Crippen LogP contribution is 2.39. The topological polar surface area (TPSA) is 96.4 Å². The Balaban J connectivity index is 1.56. The maximum atomic E-state index is 13.4. The van der Waals surface area contributed by atoms with Crippen molar-refractivity contribution in [1.82, 2.24) is 24.2 Å². The molecule has 3 heterocycles. The van der Waals surface area contributed by atoms with Gasteiger partial charge < -0.3 is 4.90 Å². The Morgan fingerprint density at radius 3 is 2.40 bits per heavy atom. The van der Waals surface area contributed by atoms with E-state index in [9.17, 15) is 13.2 Å². The van der Waals surface area contributed by atoms with E-state index in [2.05, 4.69) is 21.9 Å². The van der Waals surface area contributed by atoms with Gasteiger partial charge in [0.25, 0.3) is 0 Å². The van der Waals surface area contributed by atoms with Crippen LogP contribution in [0.15, 0.2) is 35.5 Å². The summed E-state index contributed by atoms with van der Waals surface area (Å²) in [5.74, 6) is 1.04. The molecule has 1 aliphatic carbocycles. The Kier molecular flexibility index (Phi) is 5.59. The number of carbonyl (C=O) groups is 1. The summed E-state index contributed by atoms with van der Waals surface area (Å²) in [7, 11) is -3.75. The van der Waals surface area contributed by atoms with Crippen LogP contribution in [0.25, 0.3) is 11.5 Å². The van der Waals surface area contributed by atoms with E-state index in [4.69, 9.17) is 0 Å². The molecular formula is C21H27N5O3S. The maximum Gasteiger partial charge on any atom is 0.246 e. The standard InChI is InChI=1S/C21H27N5O3S/c1-14(2)19-18(13-23-20(24-19)17-6-4-5-7-22-17)30(28,29)26-10-8-25(9-11-26)21(27)16-12-15(16)3/h4-7,13-16H,8-12H2,1-3H3/t15-,16-/m1/s1. The smallest absolute Gasteiger partial charge is 0.246 e. The fourth-order valence-electron chi connectivity index (χ4n) is 3.80. The van der Waals surface area contributed by atoms with Crippen molar-refractivity contribution in [3.05, 3.63) is 36.3 Å². The molecule has 0 radical (unpaired) electrons. The lowest BCUT2D eigenvalue weighted by Crippen LogP contribution is -2.51. The molecule has 1 amide bonds. The highest BCUT2D eigenvalue weighted by molar-refractivity contribution is 7.89. The van der Waals surface area contributed by atoms with Crippen LogP contribution in [0.3, 0.4) is 0 Å². The predicted molar refractivity (Wildman–Crippen MR) is 112 cm³/mol. The zero-order chi connectivity index (χ0) is 21.5. The molecule has 2 aromatic rings. The van der Waals surface area contributed by atoms with Crippen molar-refractivity contribution in [2.24, 2.45) is 11.8 Å². The molecule has 1 saturated carbocycles. The van der Waals surface area contributed by atoms with E-state index >= 15 is 0 Å². The number of aromatic nitrogens is 3. The lowest BCUT2D eigenvalue weighted by molar-refractivity contribution is -0.134. The summed E-state index contributed by atoms with van der Waals surface area (Å²) in [4.78, 5) is 27.5. The van der Waals surface area contributed by atoms with Crippen molar-refractivity contribution in [2.45, 2.75) is 38.0 Å². The second kappa shape index (κ2) is 8.03. The number of pyridine rings is 1. The summed E-state index contributed by atoms with van der Waals surface area (Å²) in [6.07, 6.45) is 3.99. The van der Waals surface area contributed by atoms with Gasteiger partial charge in [0.2, 0.25) is 15.9 Å². The van der Waals surface area contributed by atoms with Crippen LogP contribution in [0.2, 0.25) is 0 Å². The molecule has 1 saturated heterocycles. The highest BCUT2D eigenvalue weighted by atomic mass is 32.2. The molecular weight excluding hydrogens is 402 g/mol. The van der Waals surface area contributed by atoms with Gasteiger partial charge in [-0.1, -0.05) is 26.8 Å². The summed E-state index contributed by atoms with van der Waals surface area (Å²) in [5, 5.41) is 0. The number of hydrogen-bond donors (Lipinski definition) is 0. The molecule has 160 valence electrons. The van der Waals surface area contributed by atoms with Gasteiger partial charge in [0.05, 0.1) is 11.9 Å². The molecule has 2 aromatic heterocycles. The van der Waals surface area contributed by atoms with E-state index < -0.39 is 10.0 Å². The average molecular weight is 430 g/mol. The molecule has 1 aliphatic heterocycles. The molecule has 0 N–H and O–H groups in total. The number of nitrogens with zero attached hydrogens (tertiary/aromatic N) is 5. The van der Waals surface area contributed by atoms with E-state index in [0.717, 1.165) is 6.42 Å². The third-order valence-corrected chi connectivity index (χ3v) is 7.73. The largest absolute Gasteiger partial charge is 0.340 e. The lowest BCUT2D eigenvalue weighted by Gasteiger charge is -2.34. The van der Waals surface area contributed by atoms with Crippen molar-refractivity contribution < 1.29 is 13.2 Å². The Morgan fingerprint density at radius 2 is 1.83 bits per heavy atom. The molecule has 9 heteroatoms. The van der Waals surface area contributed by atoms with E-state index in [1.807, 2.05) is 19.9 Å². The molecule has 30 heavy (non-hydrogen) atoms. The van der Waals surface area contributed by atoms with Crippen molar-refractivity contribution in [3.63, 3.8) is 0 Å². The van der Waals surface area contributed by atoms with Crippen LogP contribution in [-0.4, -0.2) is 64.7 Å². The van der Waals surface area contributed by atoms with Gasteiger partial charge in [-0.2, -0.15) is 4.31 Å². The van der Waals surface area contributed by atoms with Gasteiger partial charge in [0.15, 0.2) is 5.82 Å². The van der Waals surface area contributed by atoms with Gasteiger partial charge >= 0.3 is 0 Å². The number of sulfonamides is 1. The van der Waals surface area contributed by atoms with Crippen molar-refractivity contribution in [1.29, 1.82) is 0 Å². The van der Waals surface area contributed by atoms with Gasteiger partial charge in [0.1, 0.15) is 10.6 Å². The zero-order valence-corrected chi connectivity index (χ0v) is 18.3. The second-order valence-electron chi connectivity index (χ2n) is 8.36. The minimum Gasteiger partial charge on any atom is -0.340 e. The van der Waals surface area contributed by atoms with Crippen LogP contribution in [0.4, 0.5) is 0 Å². The number of carbonyl (C=O) groups excluding carboxylic acids is 1. The number of hydrogen-bond acceptors (Lipinski definition) is 6. The minimum absolute atomic E-state index is 0.0977. The van der Waals surface area contributed by atoms with E-state index in [0.29, 0.717) is 36.2 Å². The van der Waals surface area contributed by atoms with E-state index in [1.165, 1.54) is 10.5 Å². The predicted octanol–water partition coefficient (Wildman–Crippen LogP) is 2.15. The van der Waals surface area contributed by atoms with E-state index in [1.54, 1.807) is 23.2 Å². The van der Waals surface area contributed by atoms with Gasteiger partial charge in [-0.3, -0.25) is 9.78 Å². The van der Waals surface area contributed by atoms with Crippen molar-refractivity contribution in [3.8, 4) is 11.5 Å². The monoisotopic (exact) mass is 429 g/mol. The van der Waals surface area contributed by atoms with Gasteiger partial charge in [-0.25, -0.2) is 18.4 Å². The first-order valence-electron chi connectivity index (χ1n) is 10.4. The van der Waals surface area contributed by atoms with Gasteiger partial charge in [-0.05, 0) is 30.4 Å². The van der Waals surface area contributed by atoms with E-state index in [-0.39, 0.29) is 35.7 Å². The van der Waals surface area contributed by atoms with Crippen LogP contribution in [0.5, 0.6) is 0 Å². The maximum absolute atomic E-state index is 13.4. The first-order chi connectivity index (χ1) is 14.3. The zero-order valence-electron chi connectivity index (χ0n) is 17.5. The second-order valence-corrected chi connectivity index (χ2v) is 10.3. The molecule has 0 spiro atoms. The average Bonchev–Trinajstić information content (AvgIpc) is 3.50. The lowest BCUT2D eigenvalue weighted by atomic mass is 10.1. The Labute approximate surface area is 177 Å². The van der Waals surface area contributed by atoms with Crippen LogP contribution in [0.1, 0.15) is 38.8 Å². The van der Waals surface area contributed by atoms with Crippen LogP contribution in [-0.2, 0) is 14.8 Å². The third kappa shape index (κ3) is 3.96. The van der Waals surface area contributed by atoms with Crippen LogP contribution < -0.4 is 0 Å². The Morgan fingerprint density at radius 1 is 1.13 bits per heavy atom. The molecule has 8 nitrogen and oxygen atoms in total. The number of rotatable bonds is 5. The van der Waals surface area contributed by atoms with Gasteiger partial charge in [-0.15, -0.1) is 0 Å². The third-order valence-electron chi connectivity index (χ3n) is 5.82. The molecule has 2 fully saturated rings.